The van der Waals surface area contributed by atoms with Gasteiger partial charge in [-0.15, -0.1) is 0 Å². The van der Waals surface area contributed by atoms with Gasteiger partial charge >= 0.3 is 0 Å². The number of carbonyl (C=O) groups excluding carboxylic acids is 1. The van der Waals surface area contributed by atoms with Gasteiger partial charge < -0.3 is 10.2 Å². The third kappa shape index (κ3) is 5.66. The Hall–Kier alpha value is -3.35. The van der Waals surface area contributed by atoms with E-state index in [0.717, 1.165) is 49.2 Å². The Bertz CT molecular complexity index is 1040. The van der Waals surface area contributed by atoms with E-state index in [-0.39, 0.29) is 17.6 Å². The SMILES string of the molecule is Cc1cc(CCCC(=O)N2CCC[C@H](c3ccc(Nc4cnccn4)cn3)C2)ccc1F. The molecule has 1 aliphatic heterocycles. The second-order valence-electron chi connectivity index (χ2n) is 8.30. The number of hydrogen-bond donors (Lipinski definition) is 1. The van der Waals surface area contributed by atoms with Crippen LogP contribution < -0.4 is 5.32 Å². The number of likely N-dealkylation sites (tertiary alicyclic amines) is 1. The lowest BCUT2D eigenvalue weighted by atomic mass is 9.93. The molecule has 166 valence electrons. The molecule has 3 heterocycles. The van der Waals surface area contributed by atoms with Crippen LogP contribution in [-0.4, -0.2) is 38.8 Å². The van der Waals surface area contributed by atoms with Crippen LogP contribution in [0.2, 0.25) is 0 Å². The van der Waals surface area contributed by atoms with Gasteiger partial charge in [-0.3, -0.25) is 14.8 Å². The highest BCUT2D eigenvalue weighted by molar-refractivity contribution is 5.76. The zero-order chi connectivity index (χ0) is 22.3. The van der Waals surface area contributed by atoms with Gasteiger partial charge in [0.15, 0.2) is 0 Å². The topological polar surface area (TPSA) is 71.0 Å². The van der Waals surface area contributed by atoms with Gasteiger partial charge in [-0.1, -0.05) is 12.1 Å². The van der Waals surface area contributed by atoms with Crippen LogP contribution in [0, 0.1) is 12.7 Å². The number of piperidine rings is 1. The summed E-state index contributed by atoms with van der Waals surface area (Å²) in [5, 5.41) is 3.18. The molecule has 0 bridgehead atoms. The quantitative estimate of drug-likeness (QED) is 0.580. The maximum Gasteiger partial charge on any atom is 0.222 e. The number of carbonyl (C=O) groups is 1. The summed E-state index contributed by atoms with van der Waals surface area (Å²) in [5.41, 5.74) is 3.59. The number of aryl methyl sites for hydroxylation is 2. The average molecular weight is 434 g/mol. The fourth-order valence-corrected chi connectivity index (χ4v) is 4.14. The molecule has 32 heavy (non-hydrogen) atoms. The summed E-state index contributed by atoms with van der Waals surface area (Å²) in [4.78, 5) is 27.6. The zero-order valence-electron chi connectivity index (χ0n) is 18.3. The van der Waals surface area contributed by atoms with Crippen molar-refractivity contribution in [2.75, 3.05) is 18.4 Å². The molecule has 1 amide bonds. The van der Waals surface area contributed by atoms with E-state index in [1.165, 1.54) is 6.07 Å². The number of rotatable bonds is 7. The van der Waals surface area contributed by atoms with E-state index in [9.17, 15) is 9.18 Å². The molecule has 0 radical (unpaired) electrons. The van der Waals surface area contributed by atoms with Crippen molar-refractivity contribution in [3.63, 3.8) is 0 Å². The Morgan fingerprint density at radius 1 is 1.19 bits per heavy atom. The highest BCUT2D eigenvalue weighted by Gasteiger charge is 2.25. The van der Waals surface area contributed by atoms with Crippen LogP contribution in [0.1, 0.15) is 48.4 Å². The number of pyridine rings is 1. The molecule has 3 aromatic rings. The van der Waals surface area contributed by atoms with Gasteiger partial charge in [0.1, 0.15) is 11.6 Å². The fourth-order valence-electron chi connectivity index (χ4n) is 4.14. The molecule has 1 atom stereocenters. The third-order valence-corrected chi connectivity index (χ3v) is 5.89. The first kappa shape index (κ1) is 21.9. The first-order valence-electron chi connectivity index (χ1n) is 11.1. The molecular weight excluding hydrogens is 405 g/mol. The summed E-state index contributed by atoms with van der Waals surface area (Å²) in [7, 11) is 0. The van der Waals surface area contributed by atoms with Gasteiger partial charge in [0.05, 0.1) is 18.1 Å². The number of halogens is 1. The molecule has 2 aromatic heterocycles. The number of anilines is 2. The Labute approximate surface area is 187 Å². The molecule has 1 N–H and O–H groups in total. The molecule has 0 spiro atoms. The summed E-state index contributed by atoms with van der Waals surface area (Å²) in [6.07, 6.45) is 10.8. The largest absolute Gasteiger partial charge is 0.342 e. The number of benzene rings is 1. The summed E-state index contributed by atoms with van der Waals surface area (Å²) in [5.74, 6) is 0.926. The average Bonchev–Trinajstić information content (AvgIpc) is 2.82. The van der Waals surface area contributed by atoms with Crippen molar-refractivity contribution in [3.05, 3.63) is 77.8 Å². The van der Waals surface area contributed by atoms with Crippen molar-refractivity contribution in [2.45, 2.75) is 44.9 Å². The predicted molar refractivity (Wildman–Crippen MR) is 122 cm³/mol. The predicted octanol–water partition coefficient (Wildman–Crippen LogP) is 4.79. The maximum atomic E-state index is 13.4. The lowest BCUT2D eigenvalue weighted by Crippen LogP contribution is -2.39. The molecule has 0 unspecified atom stereocenters. The van der Waals surface area contributed by atoms with E-state index in [1.807, 2.05) is 23.1 Å². The van der Waals surface area contributed by atoms with Crippen LogP contribution >= 0.6 is 0 Å². The van der Waals surface area contributed by atoms with Crippen molar-refractivity contribution >= 4 is 17.4 Å². The lowest BCUT2D eigenvalue weighted by Gasteiger charge is -2.32. The van der Waals surface area contributed by atoms with Gasteiger partial charge in [0.2, 0.25) is 5.91 Å². The van der Waals surface area contributed by atoms with E-state index in [2.05, 4.69) is 20.3 Å². The molecule has 1 saturated heterocycles. The van der Waals surface area contributed by atoms with Gasteiger partial charge in [-0.05, 0) is 61.9 Å². The van der Waals surface area contributed by atoms with Crippen molar-refractivity contribution in [1.29, 1.82) is 0 Å². The second kappa shape index (κ2) is 10.3. The minimum atomic E-state index is -0.185. The van der Waals surface area contributed by atoms with E-state index in [1.54, 1.807) is 37.8 Å². The molecule has 0 saturated carbocycles. The molecule has 1 aliphatic rings. The summed E-state index contributed by atoms with van der Waals surface area (Å²) in [6, 6.07) is 9.18. The van der Waals surface area contributed by atoms with Crippen LogP contribution in [0.5, 0.6) is 0 Å². The maximum absolute atomic E-state index is 13.4. The van der Waals surface area contributed by atoms with Crippen LogP contribution in [0.3, 0.4) is 0 Å². The van der Waals surface area contributed by atoms with Gasteiger partial charge in [-0.2, -0.15) is 0 Å². The Balaban J connectivity index is 1.28. The zero-order valence-corrected chi connectivity index (χ0v) is 18.3. The number of nitrogens with one attached hydrogen (secondary N) is 1. The van der Waals surface area contributed by atoms with Crippen molar-refractivity contribution < 1.29 is 9.18 Å². The second-order valence-corrected chi connectivity index (χ2v) is 8.30. The van der Waals surface area contributed by atoms with E-state index in [4.69, 9.17) is 0 Å². The van der Waals surface area contributed by atoms with Crippen LogP contribution in [-0.2, 0) is 11.2 Å². The number of amides is 1. The molecule has 0 aliphatic carbocycles. The van der Waals surface area contributed by atoms with E-state index < -0.39 is 0 Å². The lowest BCUT2D eigenvalue weighted by molar-refractivity contribution is -0.132. The normalized spacial score (nSPS) is 16.1. The number of hydrogen-bond acceptors (Lipinski definition) is 5. The minimum Gasteiger partial charge on any atom is -0.342 e. The van der Waals surface area contributed by atoms with Gasteiger partial charge in [0, 0.05) is 43.5 Å². The molecule has 1 aromatic carbocycles. The molecule has 1 fully saturated rings. The molecular formula is C25H28FN5O. The molecule has 7 heteroatoms. The van der Waals surface area contributed by atoms with Crippen molar-refractivity contribution in [2.24, 2.45) is 0 Å². The smallest absolute Gasteiger partial charge is 0.222 e. The Morgan fingerprint density at radius 3 is 2.84 bits per heavy atom. The Kier molecular flexibility index (Phi) is 7.04. The highest BCUT2D eigenvalue weighted by atomic mass is 19.1. The monoisotopic (exact) mass is 433 g/mol. The summed E-state index contributed by atoms with van der Waals surface area (Å²) < 4.78 is 13.4. The molecule has 4 rings (SSSR count). The van der Waals surface area contributed by atoms with Crippen LogP contribution in [0.15, 0.2) is 55.1 Å². The van der Waals surface area contributed by atoms with E-state index in [0.29, 0.717) is 24.3 Å². The highest BCUT2D eigenvalue weighted by Crippen LogP contribution is 2.27. The van der Waals surface area contributed by atoms with Crippen LogP contribution in [0.4, 0.5) is 15.9 Å². The first-order valence-corrected chi connectivity index (χ1v) is 11.1. The van der Waals surface area contributed by atoms with Crippen LogP contribution in [0.25, 0.3) is 0 Å². The first-order chi connectivity index (χ1) is 15.6. The summed E-state index contributed by atoms with van der Waals surface area (Å²) in [6.45, 7) is 3.28. The Morgan fingerprint density at radius 2 is 2.09 bits per heavy atom. The number of aromatic nitrogens is 3. The van der Waals surface area contributed by atoms with Crippen molar-refractivity contribution in [1.82, 2.24) is 19.9 Å². The summed E-state index contributed by atoms with van der Waals surface area (Å²) >= 11 is 0. The fraction of sp³-hybridized carbons (Fsp3) is 0.360. The molecule has 6 nitrogen and oxygen atoms in total. The standard InChI is InChI=1S/C25H28FN5O/c1-18-14-19(7-9-22(18)26)4-2-6-25(32)31-13-3-5-20(17-31)23-10-8-21(15-29-23)30-24-16-27-11-12-28-24/h7-12,14-16,20H,2-6,13,17H2,1H3,(H,28,30)/t20-/m0/s1. The van der Waals surface area contributed by atoms with Gasteiger partial charge in [-0.25, -0.2) is 9.37 Å². The number of nitrogens with zero attached hydrogens (tertiary/aromatic N) is 4. The van der Waals surface area contributed by atoms with Crippen molar-refractivity contribution in [3.8, 4) is 0 Å². The van der Waals surface area contributed by atoms with Gasteiger partial charge in [0.25, 0.3) is 0 Å². The third-order valence-electron chi connectivity index (χ3n) is 5.89. The van der Waals surface area contributed by atoms with E-state index >= 15 is 0 Å². The minimum absolute atomic E-state index is 0.185.